The van der Waals surface area contributed by atoms with E-state index in [1.807, 2.05) is 0 Å². The van der Waals surface area contributed by atoms with E-state index in [1.54, 1.807) is 0 Å². The van der Waals surface area contributed by atoms with Gasteiger partial charge in [-0.3, -0.25) is 0 Å². The minimum atomic E-state index is 0.616. The molecule has 0 spiro atoms. The Morgan fingerprint density at radius 1 is 0.773 bits per heavy atom. The van der Waals surface area contributed by atoms with Crippen molar-refractivity contribution in [2.45, 2.75) is 32.6 Å². The minimum Gasteiger partial charge on any atom is -0.0648 e. The van der Waals surface area contributed by atoms with E-state index in [2.05, 4.69) is 86.6 Å². The standard InChI is InChI=1S/C22H24/c1-3-22(17(2)15-18-9-5-4-6-10-18)21-14-13-19-11-7-8-12-20(19)16-21/h4-14,16-17,22H,3,15H2,1-2H3. The molecule has 0 bridgehead atoms. The maximum Gasteiger partial charge on any atom is -0.0135 e. The highest BCUT2D eigenvalue weighted by molar-refractivity contribution is 5.83. The topological polar surface area (TPSA) is 0 Å². The summed E-state index contributed by atoms with van der Waals surface area (Å²) in [4.78, 5) is 0. The van der Waals surface area contributed by atoms with Crippen molar-refractivity contribution in [1.82, 2.24) is 0 Å². The number of rotatable bonds is 5. The Balaban J connectivity index is 1.85. The maximum absolute atomic E-state index is 2.39. The molecule has 0 nitrogen and oxygen atoms in total. The van der Waals surface area contributed by atoms with Crippen LogP contribution in [0.4, 0.5) is 0 Å². The van der Waals surface area contributed by atoms with Gasteiger partial charge in [-0.25, -0.2) is 0 Å². The Kier molecular flexibility index (Phi) is 4.58. The van der Waals surface area contributed by atoms with Crippen LogP contribution < -0.4 is 0 Å². The van der Waals surface area contributed by atoms with Gasteiger partial charge in [-0.2, -0.15) is 0 Å². The van der Waals surface area contributed by atoms with Gasteiger partial charge in [0.1, 0.15) is 0 Å². The molecule has 0 saturated heterocycles. The molecule has 0 radical (unpaired) electrons. The van der Waals surface area contributed by atoms with Crippen molar-refractivity contribution in [2.24, 2.45) is 5.92 Å². The van der Waals surface area contributed by atoms with E-state index in [9.17, 15) is 0 Å². The van der Waals surface area contributed by atoms with Gasteiger partial charge in [0.05, 0.1) is 0 Å². The third-order valence-corrected chi connectivity index (χ3v) is 4.73. The number of fused-ring (bicyclic) bond motifs is 1. The average molecular weight is 288 g/mol. The normalized spacial score (nSPS) is 13.9. The smallest absolute Gasteiger partial charge is 0.0135 e. The van der Waals surface area contributed by atoms with Crippen LogP contribution in [0.1, 0.15) is 37.3 Å². The van der Waals surface area contributed by atoms with Crippen molar-refractivity contribution in [2.75, 3.05) is 0 Å². The zero-order valence-electron chi connectivity index (χ0n) is 13.5. The zero-order valence-corrected chi connectivity index (χ0v) is 13.5. The lowest BCUT2D eigenvalue weighted by molar-refractivity contribution is 0.445. The monoisotopic (exact) mass is 288 g/mol. The van der Waals surface area contributed by atoms with E-state index in [-0.39, 0.29) is 0 Å². The van der Waals surface area contributed by atoms with E-state index >= 15 is 0 Å². The van der Waals surface area contributed by atoms with E-state index in [0.29, 0.717) is 11.8 Å². The Labute approximate surface area is 133 Å². The Hall–Kier alpha value is -2.08. The molecule has 0 aromatic heterocycles. The SMILES string of the molecule is CCC(c1ccc2ccccc2c1)C(C)Cc1ccccc1. The highest BCUT2D eigenvalue weighted by atomic mass is 14.2. The van der Waals surface area contributed by atoms with Gasteiger partial charge in [-0.1, -0.05) is 86.6 Å². The summed E-state index contributed by atoms with van der Waals surface area (Å²) in [7, 11) is 0. The molecule has 2 atom stereocenters. The van der Waals surface area contributed by atoms with Crippen LogP contribution >= 0.6 is 0 Å². The van der Waals surface area contributed by atoms with Crippen molar-refractivity contribution in [1.29, 1.82) is 0 Å². The molecule has 3 aromatic carbocycles. The molecule has 0 N–H and O–H groups in total. The van der Waals surface area contributed by atoms with Crippen molar-refractivity contribution in [3.05, 3.63) is 83.9 Å². The first-order valence-corrected chi connectivity index (χ1v) is 8.30. The molecule has 112 valence electrons. The average Bonchev–Trinajstić information content (AvgIpc) is 2.56. The predicted molar refractivity (Wildman–Crippen MR) is 96.3 cm³/mol. The molecular formula is C22H24. The second-order valence-corrected chi connectivity index (χ2v) is 6.29. The molecule has 0 fully saturated rings. The van der Waals surface area contributed by atoms with Crippen molar-refractivity contribution < 1.29 is 0 Å². The third-order valence-electron chi connectivity index (χ3n) is 4.73. The molecule has 0 aliphatic heterocycles. The van der Waals surface area contributed by atoms with Crippen LogP contribution in [0.3, 0.4) is 0 Å². The van der Waals surface area contributed by atoms with Crippen LogP contribution in [0, 0.1) is 5.92 Å². The van der Waals surface area contributed by atoms with E-state index in [0.717, 1.165) is 6.42 Å². The maximum atomic E-state index is 2.39. The molecule has 0 saturated carbocycles. The van der Waals surface area contributed by atoms with Crippen molar-refractivity contribution in [3.8, 4) is 0 Å². The minimum absolute atomic E-state index is 0.616. The summed E-state index contributed by atoms with van der Waals surface area (Å²) in [6, 6.07) is 26.4. The van der Waals surface area contributed by atoms with Gasteiger partial charge < -0.3 is 0 Å². The van der Waals surface area contributed by atoms with Gasteiger partial charge in [0, 0.05) is 0 Å². The van der Waals surface area contributed by atoms with Gasteiger partial charge in [-0.05, 0) is 46.6 Å². The van der Waals surface area contributed by atoms with Gasteiger partial charge in [0.25, 0.3) is 0 Å². The second-order valence-electron chi connectivity index (χ2n) is 6.29. The highest BCUT2D eigenvalue weighted by Crippen LogP contribution is 2.32. The molecule has 22 heavy (non-hydrogen) atoms. The molecule has 3 rings (SSSR count). The molecule has 0 amide bonds. The number of benzene rings is 3. The largest absolute Gasteiger partial charge is 0.0648 e. The first-order valence-electron chi connectivity index (χ1n) is 8.30. The fourth-order valence-electron chi connectivity index (χ4n) is 3.53. The van der Waals surface area contributed by atoms with Crippen LogP contribution in [0.15, 0.2) is 72.8 Å². The molecule has 0 heteroatoms. The summed E-state index contributed by atoms with van der Waals surface area (Å²) >= 11 is 0. The lowest BCUT2D eigenvalue weighted by Crippen LogP contribution is -2.12. The molecule has 0 aliphatic rings. The van der Waals surface area contributed by atoms with E-state index in [4.69, 9.17) is 0 Å². The summed E-state index contributed by atoms with van der Waals surface area (Å²) in [6.07, 6.45) is 2.33. The number of hydrogen-bond acceptors (Lipinski definition) is 0. The van der Waals surface area contributed by atoms with Crippen LogP contribution in [-0.2, 0) is 6.42 Å². The lowest BCUT2D eigenvalue weighted by Gasteiger charge is -2.24. The number of hydrogen-bond donors (Lipinski definition) is 0. The van der Waals surface area contributed by atoms with E-state index < -0.39 is 0 Å². The van der Waals surface area contributed by atoms with Gasteiger partial charge in [0.2, 0.25) is 0 Å². The molecule has 0 aliphatic carbocycles. The second kappa shape index (κ2) is 6.79. The van der Waals surface area contributed by atoms with Crippen LogP contribution in [0.2, 0.25) is 0 Å². The van der Waals surface area contributed by atoms with Crippen LogP contribution in [-0.4, -0.2) is 0 Å². The molecule has 3 aromatic rings. The molecular weight excluding hydrogens is 264 g/mol. The Morgan fingerprint density at radius 2 is 1.45 bits per heavy atom. The fraction of sp³-hybridized carbons (Fsp3) is 0.273. The third kappa shape index (κ3) is 3.22. The van der Waals surface area contributed by atoms with Crippen LogP contribution in [0.25, 0.3) is 10.8 Å². The zero-order chi connectivity index (χ0) is 15.4. The summed E-state index contributed by atoms with van der Waals surface area (Å²) < 4.78 is 0. The summed E-state index contributed by atoms with van der Waals surface area (Å²) in [5.74, 6) is 1.26. The van der Waals surface area contributed by atoms with Crippen molar-refractivity contribution in [3.63, 3.8) is 0 Å². The fourth-order valence-corrected chi connectivity index (χ4v) is 3.53. The first-order chi connectivity index (χ1) is 10.8. The van der Waals surface area contributed by atoms with Gasteiger partial charge in [-0.15, -0.1) is 0 Å². The summed E-state index contributed by atoms with van der Waals surface area (Å²) in [5, 5.41) is 2.68. The Bertz CT molecular complexity index is 727. The molecule has 2 unspecified atom stereocenters. The van der Waals surface area contributed by atoms with Crippen molar-refractivity contribution >= 4 is 10.8 Å². The summed E-state index contributed by atoms with van der Waals surface area (Å²) in [5.41, 5.74) is 2.92. The quantitative estimate of drug-likeness (QED) is 0.523. The lowest BCUT2D eigenvalue weighted by atomic mass is 9.81. The molecule has 0 heterocycles. The van der Waals surface area contributed by atoms with Crippen LogP contribution in [0.5, 0.6) is 0 Å². The highest BCUT2D eigenvalue weighted by Gasteiger charge is 2.18. The van der Waals surface area contributed by atoms with Gasteiger partial charge in [0.15, 0.2) is 0 Å². The first kappa shape index (κ1) is 14.8. The van der Waals surface area contributed by atoms with E-state index in [1.165, 1.54) is 28.3 Å². The Morgan fingerprint density at radius 3 is 2.18 bits per heavy atom. The predicted octanol–water partition coefficient (Wildman–Crippen LogP) is 6.21. The summed E-state index contributed by atoms with van der Waals surface area (Å²) in [6.45, 7) is 4.69. The van der Waals surface area contributed by atoms with Gasteiger partial charge >= 0.3 is 0 Å².